The Morgan fingerprint density at radius 1 is 1.32 bits per heavy atom. The number of hydrogen-bond acceptors (Lipinski definition) is 5. The molecule has 1 aromatic rings. The maximum Gasteiger partial charge on any atom is 0.187 e. The zero-order valence-electron chi connectivity index (χ0n) is 11.6. The number of anilines is 1. The van der Waals surface area contributed by atoms with Crippen LogP contribution in [-0.2, 0) is 6.42 Å². The minimum absolute atomic E-state index is 0.273. The molecule has 2 heterocycles. The fourth-order valence-electron chi connectivity index (χ4n) is 2.39. The topological polar surface area (TPSA) is 58.3 Å². The smallest absolute Gasteiger partial charge is 0.187 e. The van der Waals surface area contributed by atoms with Crippen LogP contribution in [0, 0.1) is 5.82 Å². The number of nitrogens with zero attached hydrogens (tertiary/aromatic N) is 4. The molecule has 0 bridgehead atoms. The van der Waals surface area contributed by atoms with Crippen LogP contribution in [0.25, 0.3) is 0 Å². The highest BCUT2D eigenvalue weighted by atomic mass is 19.1. The standard InChI is InChI=1S/C13H22FN5/c1-3-11-12(14)13(17-9-16-11)19-6-4-18(5-7-19)10(2)8-15/h9-10H,3-8,15H2,1-2H3. The van der Waals surface area contributed by atoms with Crippen molar-refractivity contribution < 1.29 is 4.39 Å². The first-order valence-electron chi connectivity index (χ1n) is 6.85. The summed E-state index contributed by atoms with van der Waals surface area (Å²) in [5.74, 6) is 0.164. The van der Waals surface area contributed by atoms with Crippen LogP contribution in [0.4, 0.5) is 10.2 Å². The van der Waals surface area contributed by atoms with E-state index >= 15 is 0 Å². The van der Waals surface area contributed by atoms with Crippen molar-refractivity contribution in [2.24, 2.45) is 5.73 Å². The summed E-state index contributed by atoms with van der Waals surface area (Å²) in [5, 5.41) is 0. The molecule has 1 aliphatic heterocycles. The molecule has 0 saturated carbocycles. The number of aryl methyl sites for hydroxylation is 1. The zero-order chi connectivity index (χ0) is 13.8. The van der Waals surface area contributed by atoms with Gasteiger partial charge in [-0.1, -0.05) is 6.92 Å². The van der Waals surface area contributed by atoms with Gasteiger partial charge in [0.05, 0.1) is 5.69 Å². The van der Waals surface area contributed by atoms with Gasteiger partial charge < -0.3 is 10.6 Å². The average Bonchev–Trinajstić information content (AvgIpc) is 2.47. The van der Waals surface area contributed by atoms with E-state index in [0.717, 1.165) is 26.2 Å². The Morgan fingerprint density at radius 2 is 2.00 bits per heavy atom. The highest BCUT2D eigenvalue weighted by molar-refractivity contribution is 5.41. The molecule has 2 rings (SSSR count). The van der Waals surface area contributed by atoms with Gasteiger partial charge in [-0.2, -0.15) is 0 Å². The van der Waals surface area contributed by atoms with E-state index in [9.17, 15) is 4.39 Å². The molecule has 19 heavy (non-hydrogen) atoms. The van der Waals surface area contributed by atoms with E-state index in [1.54, 1.807) is 0 Å². The molecular weight excluding hydrogens is 245 g/mol. The fraction of sp³-hybridized carbons (Fsp3) is 0.692. The lowest BCUT2D eigenvalue weighted by molar-refractivity contribution is 0.200. The molecule has 0 aliphatic carbocycles. The SMILES string of the molecule is CCc1ncnc(N2CCN(C(C)CN)CC2)c1F. The molecule has 106 valence electrons. The monoisotopic (exact) mass is 267 g/mol. The molecule has 0 radical (unpaired) electrons. The van der Waals surface area contributed by atoms with Crippen molar-refractivity contribution in [3.05, 3.63) is 17.8 Å². The molecule has 1 atom stereocenters. The van der Waals surface area contributed by atoms with Crippen LogP contribution in [-0.4, -0.2) is 53.6 Å². The second-order valence-corrected chi connectivity index (χ2v) is 4.92. The minimum atomic E-state index is -0.273. The summed E-state index contributed by atoms with van der Waals surface area (Å²) in [6.07, 6.45) is 2.04. The van der Waals surface area contributed by atoms with Gasteiger partial charge in [0.15, 0.2) is 11.6 Å². The van der Waals surface area contributed by atoms with Crippen LogP contribution in [0.1, 0.15) is 19.5 Å². The van der Waals surface area contributed by atoms with Gasteiger partial charge in [-0.05, 0) is 13.3 Å². The summed E-state index contributed by atoms with van der Waals surface area (Å²) in [5.41, 5.74) is 6.16. The Labute approximate surface area is 113 Å². The van der Waals surface area contributed by atoms with E-state index < -0.39 is 0 Å². The number of halogens is 1. The van der Waals surface area contributed by atoms with Crippen molar-refractivity contribution in [1.82, 2.24) is 14.9 Å². The van der Waals surface area contributed by atoms with Crippen LogP contribution >= 0.6 is 0 Å². The largest absolute Gasteiger partial charge is 0.352 e. The van der Waals surface area contributed by atoms with Gasteiger partial charge in [0.1, 0.15) is 6.33 Å². The molecular formula is C13H22FN5. The summed E-state index contributed by atoms with van der Waals surface area (Å²) in [6.45, 7) is 8.02. The summed E-state index contributed by atoms with van der Waals surface area (Å²) >= 11 is 0. The number of hydrogen-bond donors (Lipinski definition) is 1. The zero-order valence-corrected chi connectivity index (χ0v) is 11.6. The molecule has 0 spiro atoms. The van der Waals surface area contributed by atoms with Gasteiger partial charge >= 0.3 is 0 Å². The highest BCUT2D eigenvalue weighted by Gasteiger charge is 2.23. The van der Waals surface area contributed by atoms with Gasteiger partial charge in [-0.3, -0.25) is 4.90 Å². The second-order valence-electron chi connectivity index (χ2n) is 4.92. The van der Waals surface area contributed by atoms with Crippen LogP contribution in [0.3, 0.4) is 0 Å². The average molecular weight is 267 g/mol. The normalized spacial score (nSPS) is 18.6. The lowest BCUT2D eigenvalue weighted by atomic mass is 10.2. The second kappa shape index (κ2) is 6.25. The van der Waals surface area contributed by atoms with Crippen LogP contribution in [0.5, 0.6) is 0 Å². The summed E-state index contributed by atoms with van der Waals surface area (Å²) in [6, 6.07) is 0.378. The van der Waals surface area contributed by atoms with Gasteiger partial charge in [0.2, 0.25) is 0 Å². The summed E-state index contributed by atoms with van der Waals surface area (Å²) in [7, 11) is 0. The summed E-state index contributed by atoms with van der Waals surface area (Å²) < 4.78 is 14.2. The molecule has 1 unspecified atom stereocenters. The van der Waals surface area contributed by atoms with E-state index in [4.69, 9.17) is 5.73 Å². The Bertz CT molecular complexity index is 417. The number of piperazine rings is 1. The lowest BCUT2D eigenvalue weighted by Gasteiger charge is -2.38. The number of rotatable bonds is 4. The number of aromatic nitrogens is 2. The van der Waals surface area contributed by atoms with Crippen molar-refractivity contribution in [2.45, 2.75) is 26.3 Å². The third-order valence-electron chi connectivity index (χ3n) is 3.76. The molecule has 6 heteroatoms. The molecule has 1 aliphatic rings. The van der Waals surface area contributed by atoms with Gasteiger partial charge in [-0.25, -0.2) is 14.4 Å². The van der Waals surface area contributed by atoms with Gasteiger partial charge in [0.25, 0.3) is 0 Å². The molecule has 5 nitrogen and oxygen atoms in total. The lowest BCUT2D eigenvalue weighted by Crippen LogP contribution is -2.51. The van der Waals surface area contributed by atoms with Crippen LogP contribution < -0.4 is 10.6 Å². The molecule has 1 saturated heterocycles. The van der Waals surface area contributed by atoms with Crippen molar-refractivity contribution in [3.63, 3.8) is 0 Å². The first kappa shape index (κ1) is 14.1. The Hall–Kier alpha value is -1.27. The Kier molecular flexibility index (Phi) is 4.66. The first-order valence-corrected chi connectivity index (χ1v) is 6.85. The third kappa shape index (κ3) is 3.01. The summed E-state index contributed by atoms with van der Waals surface area (Å²) in [4.78, 5) is 12.4. The maximum atomic E-state index is 14.2. The fourth-order valence-corrected chi connectivity index (χ4v) is 2.39. The number of nitrogens with two attached hydrogens (primary N) is 1. The molecule has 1 fully saturated rings. The van der Waals surface area contributed by atoms with E-state index in [0.29, 0.717) is 30.5 Å². The van der Waals surface area contributed by atoms with E-state index in [1.165, 1.54) is 6.33 Å². The van der Waals surface area contributed by atoms with E-state index in [-0.39, 0.29) is 5.82 Å². The first-order chi connectivity index (χ1) is 9.17. The van der Waals surface area contributed by atoms with Crippen molar-refractivity contribution in [3.8, 4) is 0 Å². The van der Waals surface area contributed by atoms with E-state index in [1.807, 2.05) is 11.8 Å². The molecule has 2 N–H and O–H groups in total. The van der Waals surface area contributed by atoms with E-state index in [2.05, 4.69) is 21.8 Å². The van der Waals surface area contributed by atoms with Crippen molar-refractivity contribution in [1.29, 1.82) is 0 Å². The maximum absolute atomic E-state index is 14.2. The molecule has 1 aromatic heterocycles. The van der Waals surface area contributed by atoms with Gasteiger partial charge in [-0.15, -0.1) is 0 Å². The van der Waals surface area contributed by atoms with Gasteiger partial charge in [0, 0.05) is 38.8 Å². The van der Waals surface area contributed by atoms with Crippen molar-refractivity contribution in [2.75, 3.05) is 37.6 Å². The Morgan fingerprint density at radius 3 is 2.58 bits per heavy atom. The third-order valence-corrected chi connectivity index (χ3v) is 3.76. The Balaban J connectivity index is 2.06. The van der Waals surface area contributed by atoms with Crippen LogP contribution in [0.2, 0.25) is 0 Å². The predicted molar refractivity (Wildman–Crippen MR) is 73.7 cm³/mol. The predicted octanol–water partition coefficient (Wildman–Crippen LogP) is 0.647. The van der Waals surface area contributed by atoms with Crippen LogP contribution in [0.15, 0.2) is 6.33 Å². The highest BCUT2D eigenvalue weighted by Crippen LogP contribution is 2.20. The minimum Gasteiger partial charge on any atom is -0.352 e. The quantitative estimate of drug-likeness (QED) is 0.868. The molecule has 0 amide bonds. The molecule has 0 aromatic carbocycles. The van der Waals surface area contributed by atoms with Crippen molar-refractivity contribution >= 4 is 5.82 Å².